The van der Waals surface area contributed by atoms with Crippen LogP contribution < -0.4 is 16.0 Å². The summed E-state index contributed by atoms with van der Waals surface area (Å²) in [7, 11) is 1.64. The van der Waals surface area contributed by atoms with E-state index in [4.69, 9.17) is 10.6 Å². The summed E-state index contributed by atoms with van der Waals surface area (Å²) in [5.41, 5.74) is 3.77. The molecule has 98 valence electrons. The summed E-state index contributed by atoms with van der Waals surface area (Å²) in [4.78, 5) is 1.10. The van der Waals surface area contributed by atoms with Gasteiger partial charge >= 0.3 is 0 Å². The van der Waals surface area contributed by atoms with Gasteiger partial charge in [-0.25, -0.2) is 5.43 Å². The highest BCUT2D eigenvalue weighted by atomic mass is 79.9. The van der Waals surface area contributed by atoms with Crippen LogP contribution in [0.2, 0.25) is 0 Å². The highest BCUT2D eigenvalue weighted by molar-refractivity contribution is 9.10. The van der Waals surface area contributed by atoms with E-state index in [1.807, 2.05) is 23.1 Å². The number of aromatic nitrogens is 2. The molecule has 0 radical (unpaired) electrons. The molecule has 1 atom stereocenters. The van der Waals surface area contributed by atoms with Gasteiger partial charge < -0.3 is 4.74 Å². The van der Waals surface area contributed by atoms with Gasteiger partial charge in [0, 0.05) is 15.9 Å². The van der Waals surface area contributed by atoms with E-state index in [-0.39, 0.29) is 6.04 Å². The maximum Gasteiger partial charge on any atom is 0.162 e. The van der Waals surface area contributed by atoms with E-state index in [0.717, 1.165) is 27.3 Å². The SMILES string of the molecule is CCn1ncc(OC)c1C(NN)c1sccc1Br. The number of halogens is 1. The Morgan fingerprint density at radius 2 is 2.44 bits per heavy atom. The average molecular weight is 331 g/mol. The molecule has 0 spiro atoms. The first-order valence-electron chi connectivity index (χ1n) is 5.51. The smallest absolute Gasteiger partial charge is 0.162 e. The summed E-state index contributed by atoms with van der Waals surface area (Å²) < 4.78 is 8.27. The molecule has 0 aliphatic rings. The molecule has 5 nitrogen and oxygen atoms in total. The number of nitrogens with two attached hydrogens (primary N) is 1. The molecule has 0 amide bonds. The Kier molecular flexibility index (Phi) is 4.39. The third-order valence-corrected chi connectivity index (χ3v) is 4.65. The lowest BCUT2D eigenvalue weighted by atomic mass is 10.1. The van der Waals surface area contributed by atoms with Crippen molar-refractivity contribution in [2.24, 2.45) is 5.84 Å². The zero-order valence-corrected chi connectivity index (χ0v) is 12.6. The number of methoxy groups -OCH3 is 1. The second-order valence-corrected chi connectivity index (χ2v) is 5.45. The molecule has 2 heterocycles. The van der Waals surface area contributed by atoms with Crippen molar-refractivity contribution in [1.29, 1.82) is 0 Å². The minimum absolute atomic E-state index is 0.142. The van der Waals surface area contributed by atoms with E-state index in [0.29, 0.717) is 0 Å². The maximum absolute atomic E-state index is 5.71. The summed E-state index contributed by atoms with van der Waals surface area (Å²) >= 11 is 5.16. The number of hydrogen-bond acceptors (Lipinski definition) is 5. The number of ether oxygens (including phenoxy) is 1. The van der Waals surface area contributed by atoms with Crippen LogP contribution >= 0.6 is 27.3 Å². The third-order valence-electron chi connectivity index (χ3n) is 2.71. The van der Waals surface area contributed by atoms with Gasteiger partial charge in [-0.05, 0) is 34.3 Å². The van der Waals surface area contributed by atoms with Gasteiger partial charge in [-0.1, -0.05) is 0 Å². The van der Waals surface area contributed by atoms with Crippen molar-refractivity contribution >= 4 is 27.3 Å². The van der Waals surface area contributed by atoms with Gasteiger partial charge in [0.1, 0.15) is 11.7 Å². The summed E-state index contributed by atoms with van der Waals surface area (Å²) in [6.45, 7) is 2.80. The van der Waals surface area contributed by atoms with Gasteiger partial charge in [0.25, 0.3) is 0 Å². The van der Waals surface area contributed by atoms with E-state index in [9.17, 15) is 0 Å². The van der Waals surface area contributed by atoms with E-state index in [1.54, 1.807) is 24.6 Å². The van der Waals surface area contributed by atoms with Crippen LogP contribution in [0.3, 0.4) is 0 Å². The zero-order chi connectivity index (χ0) is 13.1. The van der Waals surface area contributed by atoms with Gasteiger partial charge in [-0.3, -0.25) is 10.5 Å². The number of hydrogen-bond donors (Lipinski definition) is 2. The Hall–Kier alpha value is -0.890. The largest absolute Gasteiger partial charge is 0.493 e. The second kappa shape index (κ2) is 5.83. The normalized spacial score (nSPS) is 12.7. The maximum atomic E-state index is 5.71. The second-order valence-electron chi connectivity index (χ2n) is 3.65. The quantitative estimate of drug-likeness (QED) is 0.652. The molecule has 18 heavy (non-hydrogen) atoms. The highest BCUT2D eigenvalue weighted by Gasteiger charge is 2.24. The van der Waals surface area contributed by atoms with Crippen LogP contribution in [0.4, 0.5) is 0 Å². The number of thiophene rings is 1. The van der Waals surface area contributed by atoms with E-state index in [1.165, 1.54) is 0 Å². The van der Waals surface area contributed by atoms with Crippen LogP contribution in [0.1, 0.15) is 23.5 Å². The fourth-order valence-electron chi connectivity index (χ4n) is 1.87. The summed E-state index contributed by atoms with van der Waals surface area (Å²) in [6, 6.07) is 1.86. The van der Waals surface area contributed by atoms with E-state index >= 15 is 0 Å². The highest BCUT2D eigenvalue weighted by Crippen LogP contribution is 2.36. The Morgan fingerprint density at radius 1 is 1.67 bits per heavy atom. The fourth-order valence-corrected chi connectivity index (χ4v) is 3.53. The lowest BCUT2D eigenvalue weighted by Gasteiger charge is -2.18. The van der Waals surface area contributed by atoms with E-state index < -0.39 is 0 Å². The molecular formula is C11H15BrN4OS. The van der Waals surface area contributed by atoms with Crippen LogP contribution in [0.25, 0.3) is 0 Å². The minimum Gasteiger partial charge on any atom is -0.493 e. The lowest BCUT2D eigenvalue weighted by molar-refractivity contribution is 0.400. The van der Waals surface area contributed by atoms with Crippen molar-refractivity contribution in [3.8, 4) is 5.75 Å². The van der Waals surface area contributed by atoms with Crippen molar-refractivity contribution in [2.45, 2.75) is 19.5 Å². The Morgan fingerprint density at radius 3 is 2.94 bits per heavy atom. The molecule has 3 N–H and O–H groups in total. The molecule has 7 heteroatoms. The van der Waals surface area contributed by atoms with Crippen LogP contribution in [0.15, 0.2) is 22.1 Å². The van der Waals surface area contributed by atoms with Gasteiger partial charge in [-0.15, -0.1) is 11.3 Å². The van der Waals surface area contributed by atoms with Crippen LogP contribution in [-0.4, -0.2) is 16.9 Å². The first kappa shape index (κ1) is 13.5. The molecule has 0 bridgehead atoms. The molecule has 0 saturated heterocycles. The number of aryl methyl sites for hydroxylation is 1. The predicted molar refractivity (Wildman–Crippen MR) is 75.6 cm³/mol. The topological polar surface area (TPSA) is 65.1 Å². The number of rotatable bonds is 5. The number of nitrogens with one attached hydrogen (secondary N) is 1. The van der Waals surface area contributed by atoms with Gasteiger partial charge in [0.2, 0.25) is 0 Å². The van der Waals surface area contributed by atoms with Gasteiger partial charge in [-0.2, -0.15) is 5.10 Å². The standard InChI is InChI=1S/C11H15BrN4OS/c1-3-16-10(8(17-2)6-14-16)9(15-13)11-7(12)4-5-18-11/h4-6,9,15H,3,13H2,1-2H3. The molecule has 1 unspecified atom stereocenters. The Bertz CT molecular complexity index is 503. The van der Waals surface area contributed by atoms with Crippen molar-refractivity contribution in [1.82, 2.24) is 15.2 Å². The van der Waals surface area contributed by atoms with Crippen molar-refractivity contribution < 1.29 is 4.74 Å². The lowest BCUT2D eigenvalue weighted by Crippen LogP contribution is -2.30. The number of hydrazine groups is 1. The molecule has 0 aliphatic carbocycles. The van der Waals surface area contributed by atoms with Crippen molar-refractivity contribution in [3.05, 3.63) is 32.7 Å². The van der Waals surface area contributed by atoms with E-state index in [2.05, 4.69) is 26.5 Å². The molecule has 0 aliphatic heterocycles. The number of nitrogens with zero attached hydrogens (tertiary/aromatic N) is 2. The third kappa shape index (κ3) is 2.31. The Labute approximate surface area is 118 Å². The molecule has 2 rings (SSSR count). The summed E-state index contributed by atoms with van der Waals surface area (Å²) in [5, 5.41) is 6.32. The molecule has 2 aromatic rings. The van der Waals surface area contributed by atoms with Crippen LogP contribution in [-0.2, 0) is 6.54 Å². The van der Waals surface area contributed by atoms with Crippen LogP contribution in [0.5, 0.6) is 5.75 Å². The minimum atomic E-state index is -0.142. The molecule has 0 saturated carbocycles. The summed E-state index contributed by atoms with van der Waals surface area (Å²) in [6.07, 6.45) is 1.71. The van der Waals surface area contributed by atoms with Crippen LogP contribution in [0, 0.1) is 0 Å². The molecule has 2 aromatic heterocycles. The molecular weight excluding hydrogens is 316 g/mol. The molecule has 0 fully saturated rings. The van der Waals surface area contributed by atoms with Gasteiger partial charge in [0.15, 0.2) is 5.75 Å². The van der Waals surface area contributed by atoms with Crippen molar-refractivity contribution in [2.75, 3.05) is 7.11 Å². The fraction of sp³-hybridized carbons (Fsp3) is 0.364. The predicted octanol–water partition coefficient (Wildman–Crippen LogP) is 2.29. The van der Waals surface area contributed by atoms with Crippen molar-refractivity contribution in [3.63, 3.8) is 0 Å². The first-order valence-corrected chi connectivity index (χ1v) is 7.18. The molecule has 0 aromatic carbocycles. The summed E-state index contributed by atoms with van der Waals surface area (Å²) in [5.74, 6) is 6.45. The Balaban J connectivity index is 2.50. The average Bonchev–Trinajstić information content (AvgIpc) is 2.98. The van der Waals surface area contributed by atoms with Gasteiger partial charge in [0.05, 0.1) is 13.3 Å². The zero-order valence-electron chi connectivity index (χ0n) is 10.2. The monoisotopic (exact) mass is 330 g/mol. The first-order chi connectivity index (χ1) is 8.72.